The molecule has 0 fully saturated rings. The van der Waals surface area contributed by atoms with E-state index in [4.69, 9.17) is 5.26 Å². The molecule has 2 rings (SSSR count). The highest BCUT2D eigenvalue weighted by molar-refractivity contribution is 9.11. The van der Waals surface area contributed by atoms with Crippen molar-refractivity contribution in [1.29, 1.82) is 5.26 Å². The van der Waals surface area contributed by atoms with E-state index in [1.165, 1.54) is 0 Å². The zero-order chi connectivity index (χ0) is 13.7. The van der Waals surface area contributed by atoms with Crippen LogP contribution in [0.4, 0.5) is 5.69 Å². The zero-order valence-electron chi connectivity index (χ0n) is 10.1. The Bertz CT molecular complexity index is 591. The zero-order valence-corrected chi connectivity index (χ0v) is 13.3. The first-order chi connectivity index (χ1) is 9.20. The Morgan fingerprint density at radius 3 is 2.47 bits per heavy atom. The van der Waals surface area contributed by atoms with Gasteiger partial charge < -0.3 is 5.32 Å². The number of halogens is 2. The van der Waals surface area contributed by atoms with Crippen molar-refractivity contribution in [3.63, 3.8) is 0 Å². The summed E-state index contributed by atoms with van der Waals surface area (Å²) >= 11 is 6.95. The van der Waals surface area contributed by atoms with Gasteiger partial charge in [0.2, 0.25) is 0 Å². The molecule has 19 heavy (non-hydrogen) atoms. The minimum absolute atomic E-state index is 0.0105. The van der Waals surface area contributed by atoms with Crippen molar-refractivity contribution in [3.8, 4) is 6.07 Å². The first-order valence-electron chi connectivity index (χ1n) is 5.84. The Kier molecular flexibility index (Phi) is 5.00. The summed E-state index contributed by atoms with van der Waals surface area (Å²) < 4.78 is 1.99. The number of nitriles is 1. The van der Waals surface area contributed by atoms with Gasteiger partial charge in [0.1, 0.15) is 0 Å². The molecule has 1 unspecified atom stereocenters. The van der Waals surface area contributed by atoms with Gasteiger partial charge in [-0.1, -0.05) is 46.3 Å². The molecular weight excluding hydrogens is 368 g/mol. The maximum atomic E-state index is 8.98. The normalized spacial score (nSPS) is 11.6. The third-order valence-electron chi connectivity index (χ3n) is 2.76. The Hall–Kier alpha value is -1.31. The highest BCUT2D eigenvalue weighted by Crippen LogP contribution is 2.30. The first kappa shape index (κ1) is 14.1. The molecule has 2 aromatic rings. The number of rotatable bonds is 4. The Morgan fingerprint density at radius 1 is 1.11 bits per heavy atom. The molecule has 0 aliphatic carbocycles. The van der Waals surface area contributed by atoms with Crippen molar-refractivity contribution < 1.29 is 0 Å². The van der Waals surface area contributed by atoms with Gasteiger partial charge in [0.25, 0.3) is 0 Å². The van der Waals surface area contributed by atoms with Gasteiger partial charge in [0.15, 0.2) is 0 Å². The lowest BCUT2D eigenvalue weighted by atomic mass is 10.0. The van der Waals surface area contributed by atoms with Crippen molar-refractivity contribution in [1.82, 2.24) is 0 Å². The highest BCUT2D eigenvalue weighted by Gasteiger charge is 2.12. The average Bonchev–Trinajstić information content (AvgIpc) is 2.42. The van der Waals surface area contributed by atoms with Gasteiger partial charge in [0, 0.05) is 14.6 Å². The van der Waals surface area contributed by atoms with Crippen LogP contribution in [0.2, 0.25) is 0 Å². The first-order valence-corrected chi connectivity index (χ1v) is 7.43. The van der Waals surface area contributed by atoms with E-state index < -0.39 is 0 Å². The van der Waals surface area contributed by atoms with Crippen molar-refractivity contribution in [2.75, 3.05) is 5.32 Å². The molecule has 2 aromatic carbocycles. The van der Waals surface area contributed by atoms with Crippen LogP contribution in [0.5, 0.6) is 0 Å². The van der Waals surface area contributed by atoms with Gasteiger partial charge in [-0.15, -0.1) is 0 Å². The fraction of sp³-hybridized carbons (Fsp3) is 0.133. The molecule has 2 nitrogen and oxygen atoms in total. The van der Waals surface area contributed by atoms with Gasteiger partial charge in [-0.2, -0.15) is 5.26 Å². The molecule has 0 aliphatic heterocycles. The van der Waals surface area contributed by atoms with E-state index in [0.717, 1.165) is 20.2 Å². The van der Waals surface area contributed by atoms with Gasteiger partial charge in [-0.25, -0.2) is 0 Å². The predicted octanol–water partition coefficient (Wildman–Crippen LogP) is 5.28. The summed E-state index contributed by atoms with van der Waals surface area (Å²) in [5.74, 6) is 0. The van der Waals surface area contributed by atoms with Crippen molar-refractivity contribution in [3.05, 3.63) is 63.0 Å². The van der Waals surface area contributed by atoms with Gasteiger partial charge in [-0.05, 0) is 39.7 Å². The van der Waals surface area contributed by atoms with Crippen LogP contribution in [0.15, 0.2) is 57.5 Å². The smallest absolute Gasteiger partial charge is 0.0647 e. The standard InChI is InChI=1S/C15H12Br2N2/c16-12-6-7-15(13(17)10-12)19-14(8-9-18)11-4-2-1-3-5-11/h1-7,10,14,19H,8H2. The number of nitrogens with zero attached hydrogens (tertiary/aromatic N) is 1. The maximum Gasteiger partial charge on any atom is 0.0647 e. The third kappa shape index (κ3) is 3.82. The molecule has 0 radical (unpaired) electrons. The fourth-order valence-corrected chi connectivity index (χ4v) is 2.98. The number of hydrogen-bond donors (Lipinski definition) is 1. The average molecular weight is 380 g/mol. The third-order valence-corrected chi connectivity index (χ3v) is 3.91. The molecule has 0 aliphatic rings. The molecule has 0 amide bonds. The summed E-state index contributed by atoms with van der Waals surface area (Å²) in [6.45, 7) is 0. The summed E-state index contributed by atoms with van der Waals surface area (Å²) in [5, 5.41) is 12.4. The van der Waals surface area contributed by atoms with Crippen LogP contribution in [0.1, 0.15) is 18.0 Å². The minimum Gasteiger partial charge on any atom is -0.376 e. The molecular formula is C15H12Br2N2. The molecule has 4 heteroatoms. The lowest BCUT2D eigenvalue weighted by molar-refractivity contribution is 0.805. The van der Waals surface area contributed by atoms with Crippen LogP contribution < -0.4 is 5.32 Å². The van der Waals surface area contributed by atoms with E-state index >= 15 is 0 Å². The molecule has 96 valence electrons. The summed E-state index contributed by atoms with van der Waals surface area (Å²) in [7, 11) is 0. The van der Waals surface area contributed by atoms with Gasteiger partial charge in [-0.3, -0.25) is 0 Å². The van der Waals surface area contributed by atoms with E-state index in [-0.39, 0.29) is 6.04 Å². The summed E-state index contributed by atoms with van der Waals surface area (Å²) in [6, 6.07) is 18.2. The Balaban J connectivity index is 2.24. The SMILES string of the molecule is N#CCC(Nc1ccc(Br)cc1Br)c1ccccc1. The molecule has 0 saturated carbocycles. The van der Waals surface area contributed by atoms with Crippen molar-refractivity contribution in [2.45, 2.75) is 12.5 Å². The van der Waals surface area contributed by atoms with Crippen LogP contribution >= 0.6 is 31.9 Å². The van der Waals surface area contributed by atoms with Gasteiger partial charge in [0.05, 0.1) is 18.5 Å². The lowest BCUT2D eigenvalue weighted by Gasteiger charge is -2.18. The maximum absolute atomic E-state index is 8.98. The van der Waals surface area contributed by atoms with Crippen molar-refractivity contribution in [2.24, 2.45) is 0 Å². The second-order valence-electron chi connectivity index (χ2n) is 4.09. The lowest BCUT2D eigenvalue weighted by Crippen LogP contribution is -2.10. The summed E-state index contributed by atoms with van der Waals surface area (Å²) in [6.07, 6.45) is 0.423. The van der Waals surface area contributed by atoms with Gasteiger partial charge >= 0.3 is 0 Å². The monoisotopic (exact) mass is 378 g/mol. The largest absolute Gasteiger partial charge is 0.376 e. The van der Waals surface area contributed by atoms with E-state index in [0.29, 0.717) is 6.42 Å². The summed E-state index contributed by atoms with van der Waals surface area (Å²) in [4.78, 5) is 0. The topological polar surface area (TPSA) is 35.8 Å². The van der Waals surface area contributed by atoms with Crippen molar-refractivity contribution >= 4 is 37.5 Å². The van der Waals surface area contributed by atoms with E-state index in [9.17, 15) is 0 Å². The Morgan fingerprint density at radius 2 is 1.84 bits per heavy atom. The molecule has 1 N–H and O–H groups in total. The van der Waals surface area contributed by atoms with Crippen LogP contribution in [0.3, 0.4) is 0 Å². The second-order valence-corrected chi connectivity index (χ2v) is 5.86. The van der Waals surface area contributed by atoms with Crippen LogP contribution in [-0.2, 0) is 0 Å². The number of benzene rings is 2. The molecule has 0 spiro atoms. The van der Waals surface area contributed by atoms with Crippen LogP contribution in [0, 0.1) is 11.3 Å². The quantitative estimate of drug-likeness (QED) is 0.784. The van der Waals surface area contributed by atoms with E-state index in [1.54, 1.807) is 0 Å². The molecule has 0 saturated heterocycles. The minimum atomic E-state index is -0.0105. The van der Waals surface area contributed by atoms with Crippen LogP contribution in [-0.4, -0.2) is 0 Å². The number of hydrogen-bond acceptors (Lipinski definition) is 2. The predicted molar refractivity (Wildman–Crippen MR) is 84.9 cm³/mol. The van der Waals surface area contributed by atoms with E-state index in [1.807, 2.05) is 48.5 Å². The Labute approximate surface area is 129 Å². The second kappa shape index (κ2) is 6.74. The molecule has 0 heterocycles. The number of anilines is 1. The highest BCUT2D eigenvalue weighted by atomic mass is 79.9. The van der Waals surface area contributed by atoms with E-state index in [2.05, 4.69) is 43.2 Å². The summed E-state index contributed by atoms with van der Waals surface area (Å²) in [5.41, 5.74) is 2.09. The number of nitrogens with one attached hydrogen (secondary N) is 1. The molecule has 0 aromatic heterocycles. The van der Waals surface area contributed by atoms with Crippen LogP contribution in [0.25, 0.3) is 0 Å². The molecule has 0 bridgehead atoms. The fourth-order valence-electron chi connectivity index (χ4n) is 1.82. The molecule has 1 atom stereocenters.